The number of amides is 2. The fourth-order valence-electron chi connectivity index (χ4n) is 6.48. The predicted octanol–water partition coefficient (Wildman–Crippen LogP) is 8.30. The molecule has 0 saturated heterocycles. The second kappa shape index (κ2) is 18.0. The molecule has 9 heteroatoms. The highest BCUT2D eigenvalue weighted by Gasteiger charge is 2.30. The predicted molar refractivity (Wildman–Crippen MR) is 199 cm³/mol. The summed E-state index contributed by atoms with van der Waals surface area (Å²) in [5.41, 5.74) is 9.59. The van der Waals surface area contributed by atoms with Gasteiger partial charge in [-0.25, -0.2) is 9.59 Å². The summed E-state index contributed by atoms with van der Waals surface area (Å²) in [7, 11) is 3.33. The SMILES string of the molecule is C.CC(=O)CCCN(C)C(=O)OCC1c2ccccc2-c2ccccc21.CC(=O)OCCN(C)C(=O)OCC1c2ccccc2-c2ccccc21. The Labute approximate surface area is 301 Å². The molecule has 0 aromatic heterocycles. The summed E-state index contributed by atoms with van der Waals surface area (Å²) in [6, 6.07) is 33.0. The van der Waals surface area contributed by atoms with E-state index in [4.69, 9.17) is 14.2 Å². The lowest BCUT2D eigenvalue weighted by Gasteiger charge is -2.19. The van der Waals surface area contributed by atoms with Crippen LogP contribution in [0.1, 0.15) is 68.2 Å². The Morgan fingerprint density at radius 3 is 1.25 bits per heavy atom. The van der Waals surface area contributed by atoms with Crippen molar-refractivity contribution in [1.29, 1.82) is 0 Å². The molecular weight excluding hydrogens is 644 g/mol. The number of Topliss-reactive ketones (excluding diaryl/α,β-unsaturated/α-hetero) is 1. The van der Waals surface area contributed by atoms with Gasteiger partial charge in [0.05, 0.1) is 6.54 Å². The first-order valence-electron chi connectivity index (χ1n) is 16.9. The van der Waals surface area contributed by atoms with Crippen molar-refractivity contribution in [2.45, 2.75) is 46.0 Å². The van der Waals surface area contributed by atoms with Crippen LogP contribution in [0.3, 0.4) is 0 Å². The fourth-order valence-corrected chi connectivity index (χ4v) is 6.48. The molecule has 0 saturated carbocycles. The van der Waals surface area contributed by atoms with Crippen molar-refractivity contribution in [2.24, 2.45) is 0 Å². The maximum Gasteiger partial charge on any atom is 0.409 e. The fraction of sp³-hybridized carbons (Fsp3) is 0.333. The van der Waals surface area contributed by atoms with Crippen LogP contribution in [0.5, 0.6) is 0 Å². The molecule has 2 aliphatic rings. The average molecular weight is 693 g/mol. The third-order valence-electron chi connectivity index (χ3n) is 9.05. The van der Waals surface area contributed by atoms with Gasteiger partial charge >= 0.3 is 18.2 Å². The number of hydrogen-bond acceptors (Lipinski definition) is 7. The zero-order valence-corrected chi connectivity index (χ0v) is 29.1. The molecule has 0 aliphatic heterocycles. The highest BCUT2D eigenvalue weighted by atomic mass is 16.6. The van der Waals surface area contributed by atoms with Crippen LogP contribution in [-0.4, -0.2) is 80.7 Å². The summed E-state index contributed by atoms with van der Waals surface area (Å²) in [4.78, 5) is 49.1. The third kappa shape index (κ3) is 9.42. The lowest BCUT2D eigenvalue weighted by atomic mass is 9.98. The Bertz CT molecular complexity index is 1610. The molecular formula is C42H48N2O7. The number of benzene rings is 4. The Balaban J connectivity index is 0.000000224. The molecule has 2 amide bonds. The molecule has 2 aliphatic carbocycles. The molecule has 0 N–H and O–H groups in total. The Hall–Kier alpha value is -5.44. The minimum atomic E-state index is -0.422. The highest BCUT2D eigenvalue weighted by molar-refractivity contribution is 5.80. The molecule has 4 aromatic rings. The molecule has 0 radical (unpaired) electrons. The summed E-state index contributed by atoms with van der Waals surface area (Å²) in [6.45, 7) is 4.50. The van der Waals surface area contributed by atoms with Crippen molar-refractivity contribution in [3.05, 3.63) is 119 Å². The zero-order valence-electron chi connectivity index (χ0n) is 29.1. The normalized spacial score (nSPS) is 12.1. The van der Waals surface area contributed by atoms with Crippen molar-refractivity contribution in [1.82, 2.24) is 9.80 Å². The number of carbonyl (C=O) groups is 4. The molecule has 0 atom stereocenters. The van der Waals surface area contributed by atoms with E-state index in [-0.39, 0.29) is 50.3 Å². The Morgan fingerprint density at radius 1 is 0.549 bits per heavy atom. The van der Waals surface area contributed by atoms with Crippen molar-refractivity contribution in [3.63, 3.8) is 0 Å². The van der Waals surface area contributed by atoms with E-state index in [9.17, 15) is 19.2 Å². The maximum absolute atomic E-state index is 12.2. The van der Waals surface area contributed by atoms with E-state index in [1.165, 1.54) is 61.2 Å². The molecule has 0 unspecified atom stereocenters. The number of ether oxygens (including phenoxy) is 3. The molecule has 0 spiro atoms. The largest absolute Gasteiger partial charge is 0.464 e. The monoisotopic (exact) mass is 692 g/mol. The Morgan fingerprint density at radius 2 is 0.902 bits per heavy atom. The number of hydrogen-bond donors (Lipinski definition) is 0. The maximum atomic E-state index is 12.2. The second-order valence-electron chi connectivity index (χ2n) is 12.6. The summed E-state index contributed by atoms with van der Waals surface area (Å²) < 4.78 is 15.9. The molecule has 0 heterocycles. The quantitative estimate of drug-likeness (QED) is 0.115. The molecule has 4 aromatic carbocycles. The van der Waals surface area contributed by atoms with Gasteiger partial charge in [-0.05, 0) is 57.9 Å². The topological polar surface area (TPSA) is 102 Å². The molecule has 0 fully saturated rings. The number of ketones is 1. The lowest BCUT2D eigenvalue weighted by Crippen LogP contribution is -2.32. The third-order valence-corrected chi connectivity index (χ3v) is 9.05. The van der Waals surface area contributed by atoms with Crippen molar-refractivity contribution in [2.75, 3.05) is 47.0 Å². The van der Waals surface area contributed by atoms with E-state index < -0.39 is 6.09 Å². The van der Waals surface area contributed by atoms with Gasteiger partial charge < -0.3 is 28.8 Å². The first-order chi connectivity index (χ1) is 24.2. The van der Waals surface area contributed by atoms with Gasteiger partial charge in [-0.3, -0.25) is 4.79 Å². The number of nitrogens with zero attached hydrogens (tertiary/aromatic N) is 2. The van der Waals surface area contributed by atoms with Gasteiger partial charge in [0.1, 0.15) is 25.6 Å². The van der Waals surface area contributed by atoms with Gasteiger partial charge in [-0.1, -0.05) is 104 Å². The number of likely N-dealkylation sites (N-methyl/N-ethyl adjacent to an activating group) is 1. The van der Waals surface area contributed by atoms with E-state index in [1.54, 1.807) is 21.0 Å². The van der Waals surface area contributed by atoms with Gasteiger partial charge in [-0.2, -0.15) is 0 Å². The summed E-state index contributed by atoms with van der Waals surface area (Å²) in [5, 5.41) is 0. The van der Waals surface area contributed by atoms with E-state index in [0.717, 1.165) is 0 Å². The van der Waals surface area contributed by atoms with Crippen LogP contribution < -0.4 is 0 Å². The van der Waals surface area contributed by atoms with E-state index in [2.05, 4.69) is 48.5 Å². The average Bonchev–Trinajstić information content (AvgIpc) is 3.61. The van der Waals surface area contributed by atoms with Crippen molar-refractivity contribution >= 4 is 23.9 Å². The minimum Gasteiger partial charge on any atom is -0.464 e. The van der Waals surface area contributed by atoms with Crippen LogP contribution in [0.4, 0.5) is 9.59 Å². The van der Waals surface area contributed by atoms with Crippen LogP contribution in [0, 0.1) is 0 Å². The molecule has 51 heavy (non-hydrogen) atoms. The second-order valence-corrected chi connectivity index (χ2v) is 12.6. The minimum absolute atomic E-state index is 0. The summed E-state index contributed by atoms with van der Waals surface area (Å²) >= 11 is 0. The van der Waals surface area contributed by atoms with E-state index >= 15 is 0 Å². The smallest absolute Gasteiger partial charge is 0.409 e. The van der Waals surface area contributed by atoms with Gasteiger partial charge in [-0.15, -0.1) is 0 Å². The van der Waals surface area contributed by atoms with Gasteiger partial charge in [0.25, 0.3) is 0 Å². The summed E-state index contributed by atoms with van der Waals surface area (Å²) in [6.07, 6.45) is 0.385. The van der Waals surface area contributed by atoms with Crippen molar-refractivity contribution < 1.29 is 33.4 Å². The first kappa shape index (κ1) is 38.4. The Kier molecular flexibility index (Phi) is 13.5. The standard InChI is InChI=1S/C21H23NO3.C20H21NO4.CH4/c1-15(23)8-7-13-22(2)21(24)25-14-20-18-11-5-3-9-16(18)17-10-4-6-12-19(17)20;1-14(22)24-12-11-21(2)20(23)25-13-19-17-9-5-3-7-15(17)16-8-4-6-10-18(16)19;/h3-6,9-12,20H,7-8,13-14H2,1-2H3;3-10,19H,11-13H2,1-2H3;1H4. The van der Waals surface area contributed by atoms with Crippen LogP contribution >= 0.6 is 0 Å². The van der Waals surface area contributed by atoms with Crippen LogP contribution in [-0.2, 0) is 23.8 Å². The molecule has 6 rings (SSSR count). The highest BCUT2D eigenvalue weighted by Crippen LogP contribution is 2.45. The van der Waals surface area contributed by atoms with Crippen molar-refractivity contribution in [3.8, 4) is 22.3 Å². The first-order valence-corrected chi connectivity index (χ1v) is 16.9. The zero-order chi connectivity index (χ0) is 35.6. The number of fused-ring (bicyclic) bond motifs is 6. The van der Waals surface area contributed by atoms with Crippen LogP contribution in [0.25, 0.3) is 22.3 Å². The van der Waals surface area contributed by atoms with Gasteiger partial charge in [0.2, 0.25) is 0 Å². The van der Waals surface area contributed by atoms with Crippen LogP contribution in [0.2, 0.25) is 0 Å². The number of carbonyl (C=O) groups excluding carboxylic acids is 4. The molecule has 0 bridgehead atoms. The van der Waals surface area contributed by atoms with Gasteiger partial charge in [0, 0.05) is 45.8 Å². The van der Waals surface area contributed by atoms with E-state index in [1.807, 2.05) is 48.5 Å². The van der Waals surface area contributed by atoms with Gasteiger partial charge in [0.15, 0.2) is 0 Å². The van der Waals surface area contributed by atoms with Crippen LogP contribution in [0.15, 0.2) is 97.1 Å². The summed E-state index contributed by atoms with van der Waals surface area (Å²) in [5.74, 6) is -0.109. The molecule has 268 valence electrons. The number of rotatable bonds is 11. The lowest BCUT2D eigenvalue weighted by molar-refractivity contribution is -0.141. The number of esters is 1. The van der Waals surface area contributed by atoms with E-state index in [0.29, 0.717) is 32.5 Å². The molecule has 9 nitrogen and oxygen atoms in total.